The minimum atomic E-state index is -2.91. The zero-order valence-corrected chi connectivity index (χ0v) is 17.7. The molecule has 0 saturated carbocycles. The van der Waals surface area contributed by atoms with Crippen molar-refractivity contribution in [3.05, 3.63) is 102 Å². The number of ketones is 1. The number of rotatable bonds is 8. The molecular formula is C26H20F2N2O3. The summed E-state index contributed by atoms with van der Waals surface area (Å²) < 4.78 is 35.9. The van der Waals surface area contributed by atoms with Crippen LogP contribution >= 0.6 is 0 Å². The van der Waals surface area contributed by atoms with Crippen molar-refractivity contribution in [3.63, 3.8) is 0 Å². The van der Waals surface area contributed by atoms with Crippen LogP contribution < -0.4 is 9.47 Å². The normalized spacial score (nSPS) is 11.2. The molecule has 4 rings (SSSR count). The van der Waals surface area contributed by atoms with Crippen molar-refractivity contribution in [3.8, 4) is 28.4 Å². The second kappa shape index (κ2) is 9.91. The summed E-state index contributed by atoms with van der Waals surface area (Å²) in [7, 11) is 1.60. The van der Waals surface area contributed by atoms with Gasteiger partial charge in [0.2, 0.25) is 0 Å². The number of halogens is 2. The van der Waals surface area contributed by atoms with Gasteiger partial charge < -0.3 is 9.47 Å². The van der Waals surface area contributed by atoms with Crippen molar-refractivity contribution in [1.82, 2.24) is 9.78 Å². The zero-order valence-electron chi connectivity index (χ0n) is 17.7. The van der Waals surface area contributed by atoms with Crippen LogP contribution in [0, 0.1) is 0 Å². The Hall–Kier alpha value is -4.26. The number of aromatic nitrogens is 2. The third kappa shape index (κ3) is 5.33. The first-order valence-electron chi connectivity index (χ1n) is 10.1. The first kappa shape index (κ1) is 22.0. The Morgan fingerprint density at radius 3 is 2.24 bits per heavy atom. The van der Waals surface area contributed by atoms with Gasteiger partial charge in [-0.1, -0.05) is 18.2 Å². The number of nitrogens with zero attached hydrogens (tertiary/aromatic N) is 2. The van der Waals surface area contributed by atoms with Crippen LogP contribution in [0.2, 0.25) is 0 Å². The van der Waals surface area contributed by atoms with Crippen molar-refractivity contribution in [2.24, 2.45) is 0 Å². The highest BCUT2D eigenvalue weighted by molar-refractivity contribution is 6.07. The number of para-hydroxylation sites is 1. The third-order valence-electron chi connectivity index (χ3n) is 4.91. The highest BCUT2D eigenvalue weighted by atomic mass is 19.3. The molecular weight excluding hydrogens is 426 g/mol. The molecule has 1 aromatic heterocycles. The first-order chi connectivity index (χ1) is 16.0. The lowest BCUT2D eigenvalue weighted by molar-refractivity contribution is -0.0498. The Morgan fingerprint density at radius 1 is 0.939 bits per heavy atom. The predicted molar refractivity (Wildman–Crippen MR) is 122 cm³/mol. The lowest BCUT2D eigenvalue weighted by atomic mass is 10.1. The van der Waals surface area contributed by atoms with Crippen LogP contribution in [-0.2, 0) is 0 Å². The summed E-state index contributed by atoms with van der Waals surface area (Å²) in [5.41, 5.74) is 3.55. The lowest BCUT2D eigenvalue weighted by Gasteiger charge is -2.04. The molecule has 0 bridgehead atoms. The molecule has 1 heterocycles. The molecule has 0 saturated heterocycles. The van der Waals surface area contributed by atoms with Crippen LogP contribution in [0.5, 0.6) is 11.5 Å². The summed E-state index contributed by atoms with van der Waals surface area (Å²) in [4.78, 5) is 12.6. The summed E-state index contributed by atoms with van der Waals surface area (Å²) in [6.07, 6.45) is 4.97. The van der Waals surface area contributed by atoms with Crippen LogP contribution in [-0.4, -0.2) is 29.3 Å². The summed E-state index contributed by atoms with van der Waals surface area (Å²) in [5, 5.41) is 4.72. The van der Waals surface area contributed by atoms with E-state index < -0.39 is 6.61 Å². The van der Waals surface area contributed by atoms with Crippen LogP contribution in [0.4, 0.5) is 8.78 Å². The summed E-state index contributed by atoms with van der Waals surface area (Å²) in [5.74, 6) is 0.455. The topological polar surface area (TPSA) is 53.4 Å². The molecule has 0 atom stereocenters. The van der Waals surface area contributed by atoms with E-state index in [0.717, 1.165) is 22.6 Å². The lowest BCUT2D eigenvalue weighted by Crippen LogP contribution is -2.02. The van der Waals surface area contributed by atoms with E-state index in [1.165, 1.54) is 30.3 Å². The SMILES string of the molecule is COc1ccc(-c2nn(-c3ccccc3)cc2C=CC(=O)c2ccc(OC(F)F)cc2)cc1. The second-order valence-corrected chi connectivity index (χ2v) is 7.04. The molecule has 0 spiro atoms. The van der Waals surface area contributed by atoms with Gasteiger partial charge in [-0.25, -0.2) is 4.68 Å². The number of allylic oxidation sites excluding steroid dienone is 1. The molecule has 4 aromatic rings. The maximum atomic E-state index is 12.6. The Morgan fingerprint density at radius 2 is 1.61 bits per heavy atom. The van der Waals surface area contributed by atoms with E-state index in [4.69, 9.17) is 9.84 Å². The Kier molecular flexibility index (Phi) is 6.59. The highest BCUT2D eigenvalue weighted by Gasteiger charge is 2.12. The molecule has 7 heteroatoms. The van der Waals surface area contributed by atoms with Crippen molar-refractivity contribution >= 4 is 11.9 Å². The minimum Gasteiger partial charge on any atom is -0.497 e. The Bertz CT molecular complexity index is 1250. The number of methoxy groups -OCH3 is 1. The standard InChI is InChI=1S/C26H20F2N2O3/c1-32-22-12-9-19(10-13-22)25-20(17-30(29-25)21-5-3-2-4-6-21)11-16-24(31)18-7-14-23(15-8-18)33-26(27)28/h2-17,26H,1H3. The molecule has 0 amide bonds. The minimum absolute atomic E-state index is 0.00328. The van der Waals surface area contributed by atoms with Gasteiger partial charge in [0.1, 0.15) is 11.5 Å². The molecule has 166 valence electrons. The number of alkyl halides is 2. The van der Waals surface area contributed by atoms with Crippen LogP contribution in [0.25, 0.3) is 23.0 Å². The van der Waals surface area contributed by atoms with Crippen molar-refractivity contribution < 1.29 is 23.0 Å². The summed E-state index contributed by atoms with van der Waals surface area (Å²) >= 11 is 0. The van der Waals surface area contributed by atoms with Gasteiger partial charge in [-0.15, -0.1) is 0 Å². The average molecular weight is 446 g/mol. The first-order valence-corrected chi connectivity index (χ1v) is 10.1. The van der Waals surface area contributed by atoms with E-state index >= 15 is 0 Å². The Labute approximate surface area is 189 Å². The van der Waals surface area contributed by atoms with Crippen LogP contribution in [0.1, 0.15) is 15.9 Å². The molecule has 0 fully saturated rings. The van der Waals surface area contributed by atoms with E-state index in [9.17, 15) is 13.6 Å². The van der Waals surface area contributed by atoms with Crippen molar-refractivity contribution in [2.45, 2.75) is 6.61 Å². The van der Waals surface area contributed by atoms with Crippen LogP contribution in [0.3, 0.4) is 0 Å². The van der Waals surface area contributed by atoms with E-state index in [1.807, 2.05) is 60.8 Å². The zero-order chi connectivity index (χ0) is 23.2. The highest BCUT2D eigenvalue weighted by Crippen LogP contribution is 2.27. The number of hydrogen-bond acceptors (Lipinski definition) is 4. The molecule has 5 nitrogen and oxygen atoms in total. The molecule has 0 aliphatic carbocycles. The fourth-order valence-electron chi connectivity index (χ4n) is 3.26. The van der Waals surface area contributed by atoms with Gasteiger partial charge in [-0.3, -0.25) is 4.79 Å². The van der Waals surface area contributed by atoms with E-state index in [0.29, 0.717) is 11.3 Å². The van der Waals surface area contributed by atoms with Gasteiger partial charge >= 0.3 is 6.61 Å². The average Bonchev–Trinajstić information content (AvgIpc) is 3.27. The van der Waals surface area contributed by atoms with E-state index in [-0.39, 0.29) is 11.5 Å². The van der Waals surface area contributed by atoms with Crippen molar-refractivity contribution in [1.29, 1.82) is 0 Å². The quantitative estimate of drug-likeness (QED) is 0.244. The maximum Gasteiger partial charge on any atom is 0.387 e. The largest absolute Gasteiger partial charge is 0.497 e. The molecule has 3 aromatic carbocycles. The summed E-state index contributed by atoms with van der Waals surface area (Å²) in [6, 6.07) is 22.7. The van der Waals surface area contributed by atoms with E-state index in [1.54, 1.807) is 17.9 Å². The fraction of sp³-hybridized carbons (Fsp3) is 0.0769. The second-order valence-electron chi connectivity index (χ2n) is 7.04. The molecule has 0 aliphatic rings. The van der Waals surface area contributed by atoms with Crippen molar-refractivity contribution in [2.75, 3.05) is 7.11 Å². The van der Waals surface area contributed by atoms with Gasteiger partial charge in [0.05, 0.1) is 18.5 Å². The van der Waals surface area contributed by atoms with E-state index in [2.05, 4.69) is 4.74 Å². The van der Waals surface area contributed by atoms with Gasteiger partial charge in [0.15, 0.2) is 5.78 Å². The van der Waals surface area contributed by atoms with Gasteiger partial charge in [-0.05, 0) is 72.8 Å². The molecule has 0 radical (unpaired) electrons. The number of benzene rings is 3. The number of carbonyl (C=O) groups excluding carboxylic acids is 1. The maximum absolute atomic E-state index is 12.6. The van der Waals surface area contributed by atoms with Gasteiger partial charge in [-0.2, -0.15) is 13.9 Å². The predicted octanol–water partition coefficient (Wildman–Crippen LogP) is 6.05. The van der Waals surface area contributed by atoms with Gasteiger partial charge in [0.25, 0.3) is 0 Å². The van der Waals surface area contributed by atoms with Crippen LogP contribution in [0.15, 0.2) is 91.1 Å². The number of ether oxygens (including phenoxy) is 2. The smallest absolute Gasteiger partial charge is 0.387 e. The molecule has 0 unspecified atom stereocenters. The third-order valence-corrected chi connectivity index (χ3v) is 4.91. The Balaban J connectivity index is 1.64. The molecule has 0 aliphatic heterocycles. The van der Waals surface area contributed by atoms with Gasteiger partial charge in [0, 0.05) is 22.9 Å². The summed E-state index contributed by atoms with van der Waals surface area (Å²) in [6.45, 7) is -2.91. The number of carbonyl (C=O) groups is 1. The monoisotopic (exact) mass is 446 g/mol. The number of hydrogen-bond donors (Lipinski definition) is 0. The fourth-order valence-corrected chi connectivity index (χ4v) is 3.26. The molecule has 0 N–H and O–H groups in total. The molecule has 33 heavy (non-hydrogen) atoms.